The molecule has 1 saturated heterocycles. The van der Waals surface area contributed by atoms with Crippen LogP contribution < -0.4 is 4.74 Å². The zero-order valence-corrected chi connectivity index (χ0v) is 15.8. The minimum absolute atomic E-state index is 0.112. The standard InChI is InChI=1S/C20H30N2O3/c1-14(2)19(22-11-15(3)25-16(4)12-22)20(23)21-9-10-24-18-8-6-5-7-17(18)13-21/h5-8,14-16,19H,9-13H2,1-4H3/t15-,16-,19-/m1/s1. The molecule has 3 atom stereocenters. The molecule has 2 aliphatic rings. The summed E-state index contributed by atoms with van der Waals surface area (Å²) in [6, 6.07) is 7.89. The second kappa shape index (κ2) is 7.75. The average molecular weight is 346 g/mol. The normalized spacial score (nSPS) is 25.9. The van der Waals surface area contributed by atoms with Gasteiger partial charge in [0, 0.05) is 25.2 Å². The Morgan fingerprint density at radius 2 is 1.84 bits per heavy atom. The zero-order valence-electron chi connectivity index (χ0n) is 15.8. The van der Waals surface area contributed by atoms with Crippen LogP contribution in [0.3, 0.4) is 0 Å². The first-order valence-corrected chi connectivity index (χ1v) is 9.34. The highest BCUT2D eigenvalue weighted by molar-refractivity contribution is 5.82. The smallest absolute Gasteiger partial charge is 0.240 e. The van der Waals surface area contributed by atoms with Gasteiger partial charge >= 0.3 is 0 Å². The third-order valence-corrected chi connectivity index (χ3v) is 4.99. The molecule has 25 heavy (non-hydrogen) atoms. The molecule has 2 heterocycles. The first-order valence-electron chi connectivity index (χ1n) is 9.34. The van der Waals surface area contributed by atoms with Gasteiger partial charge in [-0.15, -0.1) is 0 Å². The van der Waals surface area contributed by atoms with Crippen molar-refractivity contribution in [3.8, 4) is 5.75 Å². The van der Waals surface area contributed by atoms with Crippen molar-refractivity contribution in [3.05, 3.63) is 29.8 Å². The molecule has 0 aromatic heterocycles. The predicted molar refractivity (Wildman–Crippen MR) is 97.6 cm³/mol. The summed E-state index contributed by atoms with van der Waals surface area (Å²) < 4.78 is 11.7. The lowest BCUT2D eigenvalue weighted by Crippen LogP contribution is -2.57. The van der Waals surface area contributed by atoms with E-state index in [0.717, 1.165) is 24.4 Å². The van der Waals surface area contributed by atoms with Gasteiger partial charge in [-0.3, -0.25) is 9.69 Å². The third kappa shape index (κ3) is 4.15. The molecule has 5 heteroatoms. The summed E-state index contributed by atoms with van der Waals surface area (Å²) in [5.74, 6) is 1.36. The molecule has 0 aliphatic carbocycles. The molecule has 2 aliphatic heterocycles. The van der Waals surface area contributed by atoms with Gasteiger partial charge in [0.05, 0.1) is 24.8 Å². The highest BCUT2D eigenvalue weighted by Gasteiger charge is 2.36. The van der Waals surface area contributed by atoms with Crippen LogP contribution in [0.2, 0.25) is 0 Å². The number of nitrogens with zero attached hydrogens (tertiary/aromatic N) is 2. The van der Waals surface area contributed by atoms with Gasteiger partial charge in [0.25, 0.3) is 0 Å². The molecule has 0 spiro atoms. The fourth-order valence-corrected chi connectivity index (χ4v) is 4.01. The Labute approximate surface area is 150 Å². The summed E-state index contributed by atoms with van der Waals surface area (Å²) in [7, 11) is 0. The number of rotatable bonds is 3. The molecular weight excluding hydrogens is 316 g/mol. The maximum atomic E-state index is 13.4. The van der Waals surface area contributed by atoms with Crippen molar-refractivity contribution in [3.63, 3.8) is 0 Å². The van der Waals surface area contributed by atoms with Gasteiger partial charge in [0.15, 0.2) is 0 Å². The Morgan fingerprint density at radius 3 is 2.52 bits per heavy atom. The summed E-state index contributed by atoms with van der Waals surface area (Å²) in [6.07, 6.45) is 0.317. The van der Waals surface area contributed by atoms with E-state index in [9.17, 15) is 4.79 Å². The van der Waals surface area contributed by atoms with Gasteiger partial charge in [-0.25, -0.2) is 0 Å². The SMILES string of the molecule is CC(C)[C@H](C(=O)N1CCOc2ccccc2C1)N1C[C@@H](C)O[C@H](C)C1. The molecule has 0 N–H and O–H groups in total. The van der Waals surface area contributed by atoms with Gasteiger partial charge in [0.1, 0.15) is 12.4 Å². The van der Waals surface area contributed by atoms with E-state index < -0.39 is 0 Å². The van der Waals surface area contributed by atoms with Crippen molar-refractivity contribution < 1.29 is 14.3 Å². The van der Waals surface area contributed by atoms with Crippen LogP contribution in [0.5, 0.6) is 5.75 Å². The first-order chi connectivity index (χ1) is 12.0. The summed E-state index contributed by atoms with van der Waals surface area (Å²) in [5, 5.41) is 0. The highest BCUT2D eigenvalue weighted by Crippen LogP contribution is 2.25. The average Bonchev–Trinajstić information content (AvgIpc) is 2.76. The lowest BCUT2D eigenvalue weighted by atomic mass is 9.98. The van der Waals surface area contributed by atoms with Gasteiger partial charge in [-0.05, 0) is 25.8 Å². The lowest BCUT2D eigenvalue weighted by Gasteiger charge is -2.42. The number of benzene rings is 1. The van der Waals surface area contributed by atoms with E-state index >= 15 is 0 Å². The number of carbonyl (C=O) groups is 1. The van der Waals surface area contributed by atoms with Crippen LogP contribution in [0.4, 0.5) is 0 Å². The number of hydrogen-bond acceptors (Lipinski definition) is 4. The van der Waals surface area contributed by atoms with E-state index in [4.69, 9.17) is 9.47 Å². The number of carbonyl (C=O) groups excluding carboxylic acids is 1. The quantitative estimate of drug-likeness (QED) is 0.843. The van der Waals surface area contributed by atoms with E-state index in [2.05, 4.69) is 32.6 Å². The van der Waals surface area contributed by atoms with Gasteiger partial charge in [-0.1, -0.05) is 32.0 Å². The monoisotopic (exact) mass is 346 g/mol. The molecule has 3 rings (SSSR count). The van der Waals surface area contributed by atoms with E-state index in [-0.39, 0.29) is 30.1 Å². The molecule has 0 saturated carbocycles. The molecule has 0 unspecified atom stereocenters. The maximum absolute atomic E-state index is 13.4. The van der Waals surface area contributed by atoms with Crippen molar-refractivity contribution in [2.24, 2.45) is 5.92 Å². The third-order valence-electron chi connectivity index (χ3n) is 4.99. The molecule has 0 radical (unpaired) electrons. The number of hydrogen-bond donors (Lipinski definition) is 0. The van der Waals surface area contributed by atoms with Crippen LogP contribution in [0.15, 0.2) is 24.3 Å². The predicted octanol–water partition coefficient (Wildman–Crippen LogP) is 2.54. The van der Waals surface area contributed by atoms with Crippen LogP contribution in [0.1, 0.15) is 33.3 Å². The molecule has 1 amide bonds. The zero-order chi connectivity index (χ0) is 18.0. The number of amides is 1. The number of morpholine rings is 1. The van der Waals surface area contributed by atoms with Gasteiger partial charge in [0.2, 0.25) is 5.91 Å². The Balaban J connectivity index is 1.79. The van der Waals surface area contributed by atoms with Crippen molar-refractivity contribution in [1.29, 1.82) is 0 Å². The molecule has 5 nitrogen and oxygen atoms in total. The van der Waals surface area contributed by atoms with Gasteiger partial charge in [-0.2, -0.15) is 0 Å². The van der Waals surface area contributed by atoms with Crippen molar-refractivity contribution in [2.45, 2.75) is 52.5 Å². The summed E-state index contributed by atoms with van der Waals surface area (Å²) in [5.41, 5.74) is 1.08. The van der Waals surface area contributed by atoms with Crippen molar-refractivity contribution >= 4 is 5.91 Å². The minimum atomic E-state index is -0.112. The summed E-state index contributed by atoms with van der Waals surface area (Å²) in [6.45, 7) is 11.8. The van der Waals surface area contributed by atoms with Crippen LogP contribution in [-0.4, -0.2) is 60.2 Å². The van der Waals surface area contributed by atoms with E-state index in [1.54, 1.807) is 0 Å². The fourth-order valence-electron chi connectivity index (χ4n) is 4.01. The molecule has 0 bridgehead atoms. The largest absolute Gasteiger partial charge is 0.491 e. The molecular formula is C20H30N2O3. The number of ether oxygens (including phenoxy) is 2. The van der Waals surface area contributed by atoms with E-state index in [1.807, 2.05) is 29.2 Å². The topological polar surface area (TPSA) is 42.0 Å². The van der Waals surface area contributed by atoms with E-state index in [0.29, 0.717) is 19.7 Å². The van der Waals surface area contributed by atoms with E-state index in [1.165, 1.54) is 0 Å². The van der Waals surface area contributed by atoms with Crippen molar-refractivity contribution in [1.82, 2.24) is 9.80 Å². The van der Waals surface area contributed by atoms with Crippen LogP contribution in [0.25, 0.3) is 0 Å². The fraction of sp³-hybridized carbons (Fsp3) is 0.650. The Morgan fingerprint density at radius 1 is 1.16 bits per heavy atom. The maximum Gasteiger partial charge on any atom is 0.240 e. The molecule has 1 aromatic rings. The van der Waals surface area contributed by atoms with Crippen molar-refractivity contribution in [2.75, 3.05) is 26.2 Å². The van der Waals surface area contributed by atoms with Crippen LogP contribution in [0, 0.1) is 5.92 Å². The summed E-state index contributed by atoms with van der Waals surface area (Å²) >= 11 is 0. The molecule has 1 fully saturated rings. The van der Waals surface area contributed by atoms with Crippen LogP contribution in [-0.2, 0) is 16.1 Å². The second-order valence-corrected chi connectivity index (χ2v) is 7.62. The summed E-state index contributed by atoms with van der Waals surface area (Å²) in [4.78, 5) is 17.7. The number of para-hydroxylation sites is 1. The lowest BCUT2D eigenvalue weighted by molar-refractivity contribution is -0.146. The first kappa shape index (κ1) is 18.2. The Kier molecular flexibility index (Phi) is 5.64. The van der Waals surface area contributed by atoms with Crippen LogP contribution >= 0.6 is 0 Å². The Hall–Kier alpha value is -1.59. The second-order valence-electron chi connectivity index (χ2n) is 7.62. The highest BCUT2D eigenvalue weighted by atomic mass is 16.5. The molecule has 1 aromatic carbocycles. The minimum Gasteiger partial charge on any atom is -0.491 e. The molecule has 138 valence electrons. The van der Waals surface area contributed by atoms with Gasteiger partial charge < -0.3 is 14.4 Å². The Bertz CT molecular complexity index is 594. The number of fused-ring (bicyclic) bond motifs is 1.